The van der Waals surface area contributed by atoms with Gasteiger partial charge in [0.05, 0.1) is 0 Å². The highest BCUT2D eigenvalue weighted by Gasteiger charge is 2.20. The minimum absolute atomic E-state index is 0.664. The Kier molecular flexibility index (Phi) is 21.5. The summed E-state index contributed by atoms with van der Waals surface area (Å²) >= 11 is 0. The topological polar surface area (TPSA) is 16.2 Å². The summed E-state index contributed by atoms with van der Waals surface area (Å²) in [5.41, 5.74) is 4.44. The second-order valence-electron chi connectivity index (χ2n) is 16.4. The zero-order chi connectivity index (χ0) is 35.5. The van der Waals surface area contributed by atoms with E-state index in [-0.39, 0.29) is 0 Å². The van der Waals surface area contributed by atoms with E-state index in [1.165, 1.54) is 133 Å². The number of rotatable bonds is 5. The van der Waals surface area contributed by atoms with Gasteiger partial charge < -0.3 is 19.6 Å². The minimum Gasteiger partial charge on any atom is -0.301 e. The molecule has 5 nitrogen and oxygen atoms in total. The summed E-state index contributed by atoms with van der Waals surface area (Å²) in [6.07, 6.45) is 13.8. The Morgan fingerprint density at radius 1 is 0.396 bits per heavy atom. The first-order valence-electron chi connectivity index (χ1n) is 20.3. The van der Waals surface area contributed by atoms with E-state index in [0.29, 0.717) is 12.1 Å². The fourth-order valence-corrected chi connectivity index (χ4v) is 7.21. The molecular weight excluding hydrogens is 587 g/mol. The quantitative estimate of drug-likeness (QED) is 0.290. The maximum absolute atomic E-state index is 3.98. The SMILES string of the molecule is C=C1CCN(C(C)C)CC1.CC(C)N1CCCC1.CC(C)N1CCCCC1.CC(C)N1CCCCC1.CC(C)N1Cc2ccccc2C1. The Morgan fingerprint density at radius 3 is 0.938 bits per heavy atom. The molecule has 0 unspecified atom stereocenters. The first-order valence-corrected chi connectivity index (χ1v) is 20.3. The van der Waals surface area contributed by atoms with Crippen molar-refractivity contribution in [3.63, 3.8) is 0 Å². The summed E-state index contributed by atoms with van der Waals surface area (Å²) in [5, 5.41) is 0. The van der Waals surface area contributed by atoms with Crippen LogP contribution in [0.5, 0.6) is 0 Å². The molecule has 0 saturated carbocycles. The van der Waals surface area contributed by atoms with Gasteiger partial charge in [0, 0.05) is 56.4 Å². The van der Waals surface area contributed by atoms with Gasteiger partial charge in [0.15, 0.2) is 0 Å². The molecule has 0 aromatic heterocycles. The van der Waals surface area contributed by atoms with E-state index in [0.717, 1.165) is 31.2 Å². The molecule has 1 aromatic carbocycles. The molecule has 0 atom stereocenters. The van der Waals surface area contributed by atoms with Crippen molar-refractivity contribution in [1.29, 1.82) is 0 Å². The summed E-state index contributed by atoms with van der Waals surface area (Å²) in [5.74, 6) is 0. The zero-order valence-corrected chi connectivity index (χ0v) is 33.8. The smallest absolute Gasteiger partial charge is 0.0243 e. The van der Waals surface area contributed by atoms with Crippen molar-refractivity contribution in [3.8, 4) is 0 Å². The molecule has 0 amide bonds. The molecule has 0 radical (unpaired) electrons. The van der Waals surface area contributed by atoms with Crippen LogP contribution in [0.3, 0.4) is 0 Å². The first-order chi connectivity index (χ1) is 22.9. The van der Waals surface area contributed by atoms with Crippen LogP contribution in [0.2, 0.25) is 0 Å². The van der Waals surface area contributed by atoms with Crippen LogP contribution in [0.15, 0.2) is 36.4 Å². The van der Waals surface area contributed by atoms with Crippen molar-refractivity contribution in [2.75, 3.05) is 52.4 Å². The van der Waals surface area contributed by atoms with Gasteiger partial charge in [0.1, 0.15) is 0 Å². The van der Waals surface area contributed by atoms with Crippen molar-refractivity contribution in [2.24, 2.45) is 0 Å². The number of hydrogen-bond acceptors (Lipinski definition) is 5. The number of nitrogens with zero attached hydrogens (tertiary/aromatic N) is 5. The number of likely N-dealkylation sites (tertiary alicyclic amines) is 4. The molecule has 4 saturated heterocycles. The van der Waals surface area contributed by atoms with Gasteiger partial charge in [0.25, 0.3) is 0 Å². The maximum atomic E-state index is 3.98. The van der Waals surface area contributed by atoms with Crippen molar-refractivity contribution in [2.45, 2.75) is 177 Å². The van der Waals surface area contributed by atoms with E-state index < -0.39 is 0 Å². The summed E-state index contributed by atoms with van der Waals surface area (Å²) in [7, 11) is 0. The molecule has 0 aliphatic carbocycles. The summed E-state index contributed by atoms with van der Waals surface area (Å²) in [4.78, 5) is 12.6. The molecule has 5 aliphatic rings. The van der Waals surface area contributed by atoms with Crippen LogP contribution in [0, 0.1) is 0 Å². The lowest BCUT2D eigenvalue weighted by Gasteiger charge is -2.31. The predicted octanol–water partition coefficient (Wildman–Crippen LogP) is 9.71. The van der Waals surface area contributed by atoms with Gasteiger partial charge in [-0.05, 0) is 171 Å². The molecule has 5 aliphatic heterocycles. The molecular formula is C43H81N5. The Morgan fingerprint density at radius 2 is 0.667 bits per heavy atom. The first kappa shape index (κ1) is 42.9. The largest absolute Gasteiger partial charge is 0.301 e. The van der Waals surface area contributed by atoms with Crippen LogP contribution < -0.4 is 0 Å². The third-order valence-electron chi connectivity index (χ3n) is 10.9. The third-order valence-corrected chi connectivity index (χ3v) is 10.9. The zero-order valence-electron chi connectivity index (χ0n) is 33.8. The van der Waals surface area contributed by atoms with Crippen LogP contribution in [-0.4, -0.2) is 107 Å². The molecule has 0 spiro atoms. The van der Waals surface area contributed by atoms with Crippen LogP contribution in [0.1, 0.15) is 145 Å². The van der Waals surface area contributed by atoms with Crippen molar-refractivity contribution < 1.29 is 0 Å². The lowest BCUT2D eigenvalue weighted by atomic mass is 10.1. The Balaban J connectivity index is 0.000000210. The number of fused-ring (bicyclic) bond motifs is 1. The minimum atomic E-state index is 0.664. The Labute approximate surface area is 300 Å². The number of piperidine rings is 3. The Hall–Kier alpha value is -1.24. The monoisotopic (exact) mass is 668 g/mol. The van der Waals surface area contributed by atoms with E-state index >= 15 is 0 Å². The molecule has 0 bridgehead atoms. The lowest BCUT2D eigenvalue weighted by molar-refractivity contribution is 0.185. The summed E-state index contributed by atoms with van der Waals surface area (Å²) in [6, 6.07) is 12.4. The number of hydrogen-bond donors (Lipinski definition) is 0. The molecule has 48 heavy (non-hydrogen) atoms. The van der Waals surface area contributed by atoms with Crippen LogP contribution >= 0.6 is 0 Å². The molecule has 5 heteroatoms. The Bertz CT molecular complexity index is 895. The van der Waals surface area contributed by atoms with E-state index in [9.17, 15) is 0 Å². The third kappa shape index (κ3) is 17.1. The average molecular weight is 668 g/mol. The highest BCUT2D eigenvalue weighted by molar-refractivity contribution is 5.30. The van der Waals surface area contributed by atoms with Gasteiger partial charge in [0.2, 0.25) is 0 Å². The van der Waals surface area contributed by atoms with Gasteiger partial charge in [-0.25, -0.2) is 0 Å². The molecule has 1 aromatic rings. The molecule has 4 fully saturated rings. The average Bonchev–Trinajstić information content (AvgIpc) is 3.79. The fourth-order valence-electron chi connectivity index (χ4n) is 7.21. The van der Waals surface area contributed by atoms with Crippen molar-refractivity contribution >= 4 is 0 Å². The summed E-state index contributed by atoms with van der Waals surface area (Å²) in [6.45, 7) is 39.4. The maximum Gasteiger partial charge on any atom is 0.0243 e. The van der Waals surface area contributed by atoms with Gasteiger partial charge in [-0.15, -0.1) is 0 Å². The standard InChI is InChI=1S/C11H15N.C9H17N.2C8H17N.C7H15N/c1-9(2)12-7-10-5-3-4-6-11(10)8-12;1-8(2)10-6-4-9(3)5-7-10;2*1-8(2)9-6-4-3-5-7-9;1-7(2)8-5-3-4-6-8/h3-6,9H,7-8H2,1-2H3;8H,3-7H2,1-2H3;2*8H,3-7H2,1-2H3;7H,3-6H2,1-2H3. The highest BCUT2D eigenvalue weighted by atomic mass is 15.2. The molecule has 0 N–H and O–H groups in total. The van der Waals surface area contributed by atoms with Crippen molar-refractivity contribution in [3.05, 3.63) is 47.5 Å². The lowest BCUT2D eigenvalue weighted by Crippen LogP contribution is -2.36. The van der Waals surface area contributed by atoms with Gasteiger partial charge in [-0.3, -0.25) is 4.90 Å². The van der Waals surface area contributed by atoms with E-state index in [1.807, 2.05) is 0 Å². The molecule has 278 valence electrons. The van der Waals surface area contributed by atoms with E-state index in [2.05, 4.69) is 125 Å². The van der Waals surface area contributed by atoms with Gasteiger partial charge in [-0.2, -0.15) is 0 Å². The van der Waals surface area contributed by atoms with Crippen LogP contribution in [-0.2, 0) is 13.1 Å². The van der Waals surface area contributed by atoms with E-state index in [1.54, 1.807) is 0 Å². The number of benzene rings is 1. The van der Waals surface area contributed by atoms with Crippen molar-refractivity contribution in [1.82, 2.24) is 24.5 Å². The highest BCUT2D eigenvalue weighted by Crippen LogP contribution is 2.23. The second kappa shape index (κ2) is 24.0. The summed E-state index contributed by atoms with van der Waals surface area (Å²) < 4.78 is 0. The molecule has 5 heterocycles. The van der Waals surface area contributed by atoms with Crippen LogP contribution in [0.4, 0.5) is 0 Å². The fraction of sp³-hybridized carbons (Fsp3) is 0.814. The van der Waals surface area contributed by atoms with Crippen LogP contribution in [0.25, 0.3) is 0 Å². The predicted molar refractivity (Wildman–Crippen MR) is 213 cm³/mol. The van der Waals surface area contributed by atoms with Gasteiger partial charge in [-0.1, -0.05) is 49.3 Å². The van der Waals surface area contributed by atoms with Gasteiger partial charge >= 0.3 is 0 Å². The normalized spacial score (nSPS) is 21.3. The second-order valence-corrected chi connectivity index (χ2v) is 16.4. The van der Waals surface area contributed by atoms with E-state index in [4.69, 9.17) is 0 Å². The molecule has 6 rings (SSSR count).